The predicted molar refractivity (Wildman–Crippen MR) is 36.0 cm³/mol. The second kappa shape index (κ2) is 4.62. The summed E-state index contributed by atoms with van der Waals surface area (Å²) in [6.45, 7) is -0.631. The molecule has 0 aromatic carbocycles. The molecule has 0 aromatic heterocycles. The van der Waals surface area contributed by atoms with E-state index in [9.17, 15) is 8.42 Å². The SMILES string of the molecule is O=S(=O)(CCO)NCCO. The van der Waals surface area contributed by atoms with E-state index in [4.69, 9.17) is 10.2 Å². The van der Waals surface area contributed by atoms with Gasteiger partial charge in [-0.05, 0) is 0 Å². The highest BCUT2D eigenvalue weighted by Crippen LogP contribution is 1.79. The van der Waals surface area contributed by atoms with Crippen LogP contribution < -0.4 is 4.72 Å². The molecular formula is C4H11NO4S. The number of sulfonamides is 1. The van der Waals surface area contributed by atoms with Gasteiger partial charge in [0.2, 0.25) is 10.0 Å². The summed E-state index contributed by atoms with van der Waals surface area (Å²) in [5.74, 6) is -0.312. The van der Waals surface area contributed by atoms with Crippen LogP contribution in [-0.2, 0) is 10.0 Å². The Morgan fingerprint density at radius 3 is 2.20 bits per heavy atom. The van der Waals surface area contributed by atoms with Crippen LogP contribution in [-0.4, -0.2) is 44.1 Å². The minimum absolute atomic E-state index is 0.00231. The Morgan fingerprint density at radius 2 is 1.80 bits per heavy atom. The highest BCUT2D eigenvalue weighted by molar-refractivity contribution is 7.89. The number of hydrogen-bond donors (Lipinski definition) is 3. The maximum absolute atomic E-state index is 10.6. The standard InChI is InChI=1S/C4H11NO4S/c6-2-1-5-10(8,9)4-3-7/h5-7H,1-4H2. The van der Waals surface area contributed by atoms with Gasteiger partial charge >= 0.3 is 0 Å². The van der Waals surface area contributed by atoms with Gasteiger partial charge in [-0.2, -0.15) is 0 Å². The van der Waals surface area contributed by atoms with Gasteiger partial charge in [0.15, 0.2) is 0 Å². The molecule has 0 aliphatic carbocycles. The van der Waals surface area contributed by atoms with Gasteiger partial charge in [-0.1, -0.05) is 0 Å². The Labute approximate surface area is 59.7 Å². The van der Waals surface area contributed by atoms with Gasteiger partial charge in [0.1, 0.15) is 0 Å². The van der Waals surface area contributed by atoms with Crippen LogP contribution in [0.2, 0.25) is 0 Å². The van der Waals surface area contributed by atoms with Crippen molar-refractivity contribution in [3.05, 3.63) is 0 Å². The smallest absolute Gasteiger partial charge is 0.213 e. The van der Waals surface area contributed by atoms with Crippen molar-refractivity contribution in [2.75, 3.05) is 25.5 Å². The molecule has 0 unspecified atom stereocenters. The lowest BCUT2D eigenvalue weighted by atomic mass is 10.8. The van der Waals surface area contributed by atoms with Crippen LogP contribution in [0.25, 0.3) is 0 Å². The predicted octanol–water partition coefficient (Wildman–Crippen LogP) is -2.11. The molecule has 0 heterocycles. The van der Waals surface area contributed by atoms with Crippen LogP contribution >= 0.6 is 0 Å². The number of aliphatic hydroxyl groups is 2. The second-order valence-electron chi connectivity index (χ2n) is 1.66. The van der Waals surface area contributed by atoms with E-state index in [-0.39, 0.29) is 18.9 Å². The lowest BCUT2D eigenvalue weighted by molar-refractivity contribution is 0.299. The Hall–Kier alpha value is -0.170. The van der Waals surface area contributed by atoms with Gasteiger partial charge in [0.25, 0.3) is 0 Å². The average molecular weight is 169 g/mol. The molecule has 0 bridgehead atoms. The fourth-order valence-electron chi connectivity index (χ4n) is 0.393. The number of nitrogens with one attached hydrogen (secondary N) is 1. The summed E-state index contributed by atoms with van der Waals surface area (Å²) in [7, 11) is -3.35. The summed E-state index contributed by atoms with van der Waals surface area (Å²) in [4.78, 5) is 0. The summed E-state index contributed by atoms with van der Waals surface area (Å²) >= 11 is 0. The van der Waals surface area contributed by atoms with E-state index in [0.29, 0.717) is 0 Å². The first-order valence-electron chi connectivity index (χ1n) is 2.81. The van der Waals surface area contributed by atoms with Crippen molar-refractivity contribution in [3.63, 3.8) is 0 Å². The Bertz CT molecular complexity index is 164. The third kappa shape index (κ3) is 4.68. The third-order valence-corrected chi connectivity index (χ3v) is 2.16. The van der Waals surface area contributed by atoms with Crippen LogP contribution in [0, 0.1) is 0 Å². The van der Waals surface area contributed by atoms with E-state index in [2.05, 4.69) is 4.72 Å². The van der Waals surface area contributed by atoms with Crippen molar-refractivity contribution >= 4 is 10.0 Å². The van der Waals surface area contributed by atoms with E-state index in [1.807, 2.05) is 0 Å². The average Bonchev–Trinajstić information content (AvgIpc) is 1.84. The van der Waals surface area contributed by atoms with Gasteiger partial charge in [0.05, 0.1) is 19.0 Å². The lowest BCUT2D eigenvalue weighted by Crippen LogP contribution is -2.30. The molecule has 0 atom stereocenters. The number of hydrogen-bond acceptors (Lipinski definition) is 4. The molecule has 3 N–H and O–H groups in total. The van der Waals surface area contributed by atoms with E-state index in [0.717, 1.165) is 0 Å². The molecular weight excluding hydrogens is 158 g/mol. The molecule has 0 rings (SSSR count). The largest absolute Gasteiger partial charge is 0.395 e. The maximum atomic E-state index is 10.6. The molecule has 0 amide bonds. The molecule has 0 saturated heterocycles. The van der Waals surface area contributed by atoms with E-state index >= 15 is 0 Å². The van der Waals surface area contributed by atoms with Gasteiger partial charge < -0.3 is 10.2 Å². The van der Waals surface area contributed by atoms with Crippen LogP contribution in [0.3, 0.4) is 0 Å². The molecule has 0 radical (unpaired) electrons. The first-order valence-corrected chi connectivity index (χ1v) is 4.46. The molecule has 0 saturated carbocycles. The van der Waals surface area contributed by atoms with Crippen molar-refractivity contribution < 1.29 is 18.6 Å². The van der Waals surface area contributed by atoms with Crippen LogP contribution in [0.5, 0.6) is 0 Å². The van der Waals surface area contributed by atoms with Gasteiger partial charge in [-0.3, -0.25) is 0 Å². The second-order valence-corrected chi connectivity index (χ2v) is 3.59. The zero-order valence-electron chi connectivity index (χ0n) is 5.45. The van der Waals surface area contributed by atoms with E-state index in [1.54, 1.807) is 0 Å². The zero-order valence-corrected chi connectivity index (χ0v) is 6.26. The first-order chi connectivity index (χ1) is 4.62. The van der Waals surface area contributed by atoms with Gasteiger partial charge in [0, 0.05) is 6.54 Å². The quantitative estimate of drug-likeness (QED) is 0.439. The fourth-order valence-corrected chi connectivity index (χ4v) is 1.18. The molecule has 0 fully saturated rings. The zero-order chi connectivity index (χ0) is 8.04. The summed E-state index contributed by atoms with van der Waals surface area (Å²) in [5, 5.41) is 16.4. The Kier molecular flexibility index (Phi) is 4.54. The molecule has 6 heteroatoms. The highest BCUT2D eigenvalue weighted by atomic mass is 32.2. The Balaban J connectivity index is 3.65. The van der Waals surface area contributed by atoms with Crippen molar-refractivity contribution in [2.24, 2.45) is 0 Å². The number of rotatable bonds is 5. The molecule has 0 spiro atoms. The topological polar surface area (TPSA) is 86.6 Å². The normalized spacial score (nSPS) is 11.8. The van der Waals surface area contributed by atoms with Crippen LogP contribution in [0.1, 0.15) is 0 Å². The maximum Gasteiger partial charge on any atom is 0.213 e. The van der Waals surface area contributed by atoms with Crippen molar-refractivity contribution in [1.82, 2.24) is 4.72 Å². The summed E-state index contributed by atoms with van der Waals surface area (Å²) < 4.78 is 23.3. The highest BCUT2D eigenvalue weighted by Gasteiger charge is 2.06. The summed E-state index contributed by atoms with van der Waals surface area (Å²) in [6, 6.07) is 0. The van der Waals surface area contributed by atoms with Crippen LogP contribution in [0.4, 0.5) is 0 Å². The van der Waals surface area contributed by atoms with Crippen molar-refractivity contribution in [2.45, 2.75) is 0 Å². The molecule has 0 aliphatic rings. The van der Waals surface area contributed by atoms with Gasteiger partial charge in [-0.25, -0.2) is 13.1 Å². The third-order valence-electron chi connectivity index (χ3n) is 0.794. The van der Waals surface area contributed by atoms with E-state index < -0.39 is 16.6 Å². The fraction of sp³-hybridized carbons (Fsp3) is 1.00. The molecule has 0 aliphatic heterocycles. The number of aliphatic hydroxyl groups excluding tert-OH is 2. The molecule has 62 valence electrons. The molecule has 0 aromatic rings. The van der Waals surface area contributed by atoms with Crippen molar-refractivity contribution in [3.8, 4) is 0 Å². The summed E-state index contributed by atoms with van der Waals surface area (Å²) in [5.41, 5.74) is 0. The lowest BCUT2D eigenvalue weighted by Gasteiger charge is -2.01. The molecule has 10 heavy (non-hydrogen) atoms. The monoisotopic (exact) mass is 169 g/mol. The van der Waals surface area contributed by atoms with Crippen molar-refractivity contribution in [1.29, 1.82) is 0 Å². The van der Waals surface area contributed by atoms with Crippen LogP contribution in [0.15, 0.2) is 0 Å². The minimum Gasteiger partial charge on any atom is -0.395 e. The summed E-state index contributed by atoms with van der Waals surface area (Å²) in [6.07, 6.45) is 0. The van der Waals surface area contributed by atoms with E-state index in [1.165, 1.54) is 0 Å². The Morgan fingerprint density at radius 1 is 1.20 bits per heavy atom. The first kappa shape index (κ1) is 9.83. The molecule has 5 nitrogen and oxygen atoms in total. The van der Waals surface area contributed by atoms with Gasteiger partial charge in [-0.15, -0.1) is 0 Å². The minimum atomic E-state index is -3.35.